The van der Waals surface area contributed by atoms with Gasteiger partial charge >= 0.3 is 0 Å². The van der Waals surface area contributed by atoms with Crippen molar-refractivity contribution in [3.05, 3.63) is 85.8 Å². The minimum atomic E-state index is -0.738. The Balaban J connectivity index is 1.94. The normalized spacial score (nSPS) is 15.9. The van der Waals surface area contributed by atoms with E-state index in [2.05, 4.69) is 0 Å². The number of benzene rings is 2. The molecule has 1 aliphatic rings. The summed E-state index contributed by atoms with van der Waals surface area (Å²) in [5.74, 6) is -0.384. The number of carbonyl (C=O) groups is 1. The van der Waals surface area contributed by atoms with E-state index in [1.807, 2.05) is 19.0 Å². The van der Waals surface area contributed by atoms with E-state index in [1.54, 1.807) is 41.3 Å². The molecule has 4 rings (SSSR count). The van der Waals surface area contributed by atoms with Crippen LogP contribution in [0.1, 0.15) is 27.7 Å². The third kappa shape index (κ3) is 3.17. The van der Waals surface area contributed by atoms with Crippen molar-refractivity contribution in [1.29, 1.82) is 0 Å². The number of nitro benzene ring substituents is 1. The van der Waals surface area contributed by atoms with Crippen LogP contribution in [-0.4, -0.2) is 47.8 Å². The lowest BCUT2D eigenvalue weighted by Gasteiger charge is -2.26. The van der Waals surface area contributed by atoms with Gasteiger partial charge in [-0.25, -0.2) is 0 Å². The maximum absolute atomic E-state index is 13.3. The van der Waals surface area contributed by atoms with Crippen LogP contribution in [0, 0.1) is 10.1 Å². The molecule has 148 valence electrons. The second-order valence-corrected chi connectivity index (χ2v) is 7.23. The molecule has 0 saturated heterocycles. The van der Waals surface area contributed by atoms with Gasteiger partial charge in [0.05, 0.1) is 21.9 Å². The number of rotatable bonds is 5. The van der Waals surface area contributed by atoms with Gasteiger partial charge in [-0.15, -0.1) is 0 Å². The summed E-state index contributed by atoms with van der Waals surface area (Å²) in [6.07, 6.45) is 0. The molecular formula is C21H19N3O5. The van der Waals surface area contributed by atoms with Crippen molar-refractivity contribution in [3.63, 3.8) is 0 Å². The van der Waals surface area contributed by atoms with Gasteiger partial charge in [-0.1, -0.05) is 24.3 Å². The summed E-state index contributed by atoms with van der Waals surface area (Å²) in [6.45, 7) is 0.915. The molecule has 0 unspecified atom stereocenters. The maximum atomic E-state index is 13.3. The number of nitro groups is 1. The largest absolute Gasteiger partial charge is 0.450 e. The van der Waals surface area contributed by atoms with E-state index in [0.29, 0.717) is 29.6 Å². The molecule has 0 saturated carbocycles. The van der Waals surface area contributed by atoms with Crippen molar-refractivity contribution in [1.82, 2.24) is 9.80 Å². The summed E-state index contributed by atoms with van der Waals surface area (Å²) in [6, 6.07) is 12.1. The highest BCUT2D eigenvalue weighted by molar-refractivity contribution is 5.99. The predicted molar refractivity (Wildman–Crippen MR) is 107 cm³/mol. The molecule has 3 aromatic rings. The minimum Gasteiger partial charge on any atom is -0.450 e. The van der Waals surface area contributed by atoms with Crippen LogP contribution < -0.4 is 5.43 Å². The first kappa shape index (κ1) is 18.8. The van der Waals surface area contributed by atoms with Crippen LogP contribution in [0.5, 0.6) is 0 Å². The minimum absolute atomic E-state index is 0.00367. The highest BCUT2D eigenvalue weighted by Crippen LogP contribution is 2.38. The van der Waals surface area contributed by atoms with Gasteiger partial charge in [0.1, 0.15) is 5.58 Å². The molecule has 1 amide bonds. The predicted octanol–water partition coefficient (Wildman–Crippen LogP) is 2.81. The van der Waals surface area contributed by atoms with Gasteiger partial charge in [0.25, 0.3) is 11.6 Å². The molecule has 0 bridgehead atoms. The molecule has 2 heterocycles. The van der Waals surface area contributed by atoms with Crippen LogP contribution in [0.2, 0.25) is 0 Å². The zero-order chi connectivity index (χ0) is 20.7. The van der Waals surface area contributed by atoms with Gasteiger partial charge in [-0.05, 0) is 31.8 Å². The molecule has 29 heavy (non-hydrogen) atoms. The van der Waals surface area contributed by atoms with Gasteiger partial charge in [-0.3, -0.25) is 19.7 Å². The Morgan fingerprint density at radius 3 is 2.62 bits per heavy atom. The third-order valence-corrected chi connectivity index (χ3v) is 5.06. The highest BCUT2D eigenvalue weighted by atomic mass is 16.6. The van der Waals surface area contributed by atoms with E-state index in [9.17, 15) is 19.7 Å². The molecule has 1 aliphatic heterocycles. The highest BCUT2D eigenvalue weighted by Gasteiger charge is 2.42. The summed E-state index contributed by atoms with van der Waals surface area (Å²) >= 11 is 0. The average Bonchev–Trinajstić information content (AvgIpc) is 2.99. The smallest absolute Gasteiger partial charge is 0.290 e. The van der Waals surface area contributed by atoms with Crippen LogP contribution in [0.25, 0.3) is 11.0 Å². The number of likely N-dealkylation sites (N-methyl/N-ethyl adjacent to an activating group) is 1. The Morgan fingerprint density at radius 1 is 1.14 bits per heavy atom. The number of nitrogens with zero attached hydrogens (tertiary/aromatic N) is 3. The number of carbonyl (C=O) groups excluding carboxylic acids is 1. The van der Waals surface area contributed by atoms with Crippen LogP contribution >= 0.6 is 0 Å². The van der Waals surface area contributed by atoms with Gasteiger partial charge in [0.2, 0.25) is 5.76 Å². The van der Waals surface area contributed by atoms with Gasteiger partial charge in [0, 0.05) is 25.2 Å². The number of para-hydroxylation sites is 1. The average molecular weight is 393 g/mol. The van der Waals surface area contributed by atoms with Gasteiger partial charge < -0.3 is 14.2 Å². The molecule has 0 spiro atoms. The van der Waals surface area contributed by atoms with E-state index in [1.165, 1.54) is 12.1 Å². The van der Waals surface area contributed by atoms with Crippen molar-refractivity contribution >= 4 is 22.6 Å². The van der Waals surface area contributed by atoms with Gasteiger partial charge in [-0.2, -0.15) is 0 Å². The number of amides is 1. The Kier molecular flexibility index (Phi) is 4.63. The molecule has 0 aliphatic carbocycles. The second-order valence-electron chi connectivity index (χ2n) is 7.23. The third-order valence-electron chi connectivity index (χ3n) is 5.06. The van der Waals surface area contributed by atoms with E-state index in [-0.39, 0.29) is 28.3 Å². The number of non-ortho nitro benzene ring substituents is 1. The summed E-state index contributed by atoms with van der Waals surface area (Å²) in [4.78, 5) is 40.7. The van der Waals surface area contributed by atoms with E-state index >= 15 is 0 Å². The first-order valence-corrected chi connectivity index (χ1v) is 9.14. The molecule has 0 fully saturated rings. The lowest BCUT2D eigenvalue weighted by atomic mass is 9.98. The monoisotopic (exact) mass is 393 g/mol. The second kappa shape index (κ2) is 7.14. The first-order chi connectivity index (χ1) is 13.9. The van der Waals surface area contributed by atoms with Crippen molar-refractivity contribution in [2.45, 2.75) is 6.04 Å². The Bertz CT molecular complexity index is 1180. The maximum Gasteiger partial charge on any atom is 0.290 e. The fourth-order valence-corrected chi connectivity index (χ4v) is 3.66. The number of fused-ring (bicyclic) bond motifs is 2. The van der Waals surface area contributed by atoms with E-state index in [4.69, 9.17) is 4.42 Å². The molecule has 1 atom stereocenters. The molecule has 0 N–H and O–H groups in total. The quantitative estimate of drug-likeness (QED) is 0.488. The van der Waals surface area contributed by atoms with E-state index in [0.717, 1.165) is 0 Å². The lowest BCUT2D eigenvalue weighted by Crippen LogP contribution is -2.35. The summed E-state index contributed by atoms with van der Waals surface area (Å²) in [5, 5.41) is 11.6. The number of hydrogen-bond acceptors (Lipinski definition) is 6. The van der Waals surface area contributed by atoms with Crippen LogP contribution in [0.15, 0.2) is 57.7 Å². The zero-order valence-electron chi connectivity index (χ0n) is 16.0. The Hall–Kier alpha value is -3.52. The lowest BCUT2D eigenvalue weighted by molar-refractivity contribution is -0.384. The Labute approximate surface area is 166 Å². The van der Waals surface area contributed by atoms with Crippen LogP contribution in [-0.2, 0) is 0 Å². The van der Waals surface area contributed by atoms with Crippen molar-refractivity contribution < 1.29 is 14.1 Å². The molecule has 8 heteroatoms. The van der Waals surface area contributed by atoms with Crippen LogP contribution in [0.3, 0.4) is 0 Å². The molecule has 1 aromatic heterocycles. The topological polar surface area (TPSA) is 96.9 Å². The van der Waals surface area contributed by atoms with E-state index < -0.39 is 11.0 Å². The number of hydrogen-bond donors (Lipinski definition) is 0. The zero-order valence-corrected chi connectivity index (χ0v) is 16.0. The molecule has 2 aromatic carbocycles. The SMILES string of the molecule is CN(C)CCN1C(=O)c2oc3ccccc3c(=O)c2[C@H]1c1cccc([N+](=O)[O-])c1. The standard InChI is InChI=1S/C21H19N3O5/c1-22(2)10-11-23-18(13-6-5-7-14(12-13)24(27)28)17-19(25)15-8-3-4-9-16(15)29-20(17)21(23)26/h3-9,12,18H,10-11H2,1-2H3/t18-/m1/s1. The summed E-state index contributed by atoms with van der Waals surface area (Å²) < 4.78 is 5.83. The van der Waals surface area contributed by atoms with Gasteiger partial charge in [0.15, 0.2) is 5.43 Å². The summed E-state index contributed by atoms with van der Waals surface area (Å²) in [5.41, 5.74) is 0.692. The van der Waals surface area contributed by atoms with Crippen molar-refractivity contribution in [2.24, 2.45) is 0 Å². The molecular weight excluding hydrogens is 374 g/mol. The summed E-state index contributed by atoms with van der Waals surface area (Å²) in [7, 11) is 3.77. The fourth-order valence-electron chi connectivity index (χ4n) is 3.66. The van der Waals surface area contributed by atoms with Crippen molar-refractivity contribution in [2.75, 3.05) is 27.2 Å². The Morgan fingerprint density at radius 2 is 1.90 bits per heavy atom. The molecule has 8 nitrogen and oxygen atoms in total. The fraction of sp³-hybridized carbons (Fsp3) is 0.238. The van der Waals surface area contributed by atoms with Crippen LogP contribution in [0.4, 0.5) is 5.69 Å². The van der Waals surface area contributed by atoms with Crippen molar-refractivity contribution in [3.8, 4) is 0 Å². The first-order valence-electron chi connectivity index (χ1n) is 9.14. The molecule has 0 radical (unpaired) electrons.